The molecule has 1 heterocycles. The predicted octanol–water partition coefficient (Wildman–Crippen LogP) is 1.82. The van der Waals surface area contributed by atoms with Crippen molar-refractivity contribution in [2.24, 2.45) is 5.92 Å². The Morgan fingerprint density at radius 2 is 1.79 bits per heavy atom. The fourth-order valence-electron chi connectivity index (χ4n) is 3.51. The largest absolute Gasteiger partial charge is 0.339 e. The van der Waals surface area contributed by atoms with E-state index in [2.05, 4.69) is 5.32 Å². The summed E-state index contributed by atoms with van der Waals surface area (Å²) in [6.45, 7) is 0.483. The van der Waals surface area contributed by atoms with Gasteiger partial charge < -0.3 is 10.2 Å². The van der Waals surface area contributed by atoms with E-state index in [4.69, 9.17) is 0 Å². The van der Waals surface area contributed by atoms with Gasteiger partial charge in [0.05, 0.1) is 10.8 Å². The van der Waals surface area contributed by atoms with E-state index in [0.717, 1.165) is 31.9 Å². The first-order valence-corrected chi connectivity index (χ1v) is 10.1. The maximum absolute atomic E-state index is 12.4. The van der Waals surface area contributed by atoms with E-state index in [0.29, 0.717) is 18.3 Å². The molecule has 0 radical (unpaired) electrons. The van der Waals surface area contributed by atoms with Gasteiger partial charge in [-0.15, -0.1) is 0 Å². The molecule has 130 valence electrons. The van der Waals surface area contributed by atoms with Gasteiger partial charge in [0.25, 0.3) is 0 Å². The Kier molecular flexibility index (Phi) is 4.62. The standard InChI is InChI=1S/C17H22N2O4S/c1-24(22,23)15-8-6-13(7-9-15)18-17(21)12-10-16(20)19(11-12)14-4-2-3-5-14/h6-9,12,14H,2-5,10-11H2,1H3,(H,18,21)/t12-/m1/s1. The monoisotopic (exact) mass is 350 g/mol. The number of carbonyl (C=O) groups excluding carboxylic acids is 2. The van der Waals surface area contributed by atoms with Crippen molar-refractivity contribution in [1.82, 2.24) is 4.90 Å². The van der Waals surface area contributed by atoms with Gasteiger partial charge in [0.15, 0.2) is 9.84 Å². The quantitative estimate of drug-likeness (QED) is 0.898. The Balaban J connectivity index is 1.62. The molecule has 1 saturated carbocycles. The van der Waals surface area contributed by atoms with Gasteiger partial charge in [0.2, 0.25) is 11.8 Å². The number of nitrogens with zero attached hydrogens (tertiary/aromatic N) is 1. The van der Waals surface area contributed by atoms with Crippen molar-refractivity contribution in [2.45, 2.75) is 43.0 Å². The smallest absolute Gasteiger partial charge is 0.229 e. The van der Waals surface area contributed by atoms with E-state index in [-0.39, 0.29) is 29.0 Å². The van der Waals surface area contributed by atoms with Crippen LogP contribution in [0.25, 0.3) is 0 Å². The summed E-state index contributed by atoms with van der Waals surface area (Å²) in [7, 11) is -3.25. The van der Waals surface area contributed by atoms with Crippen molar-refractivity contribution >= 4 is 27.3 Å². The van der Waals surface area contributed by atoms with Crippen molar-refractivity contribution in [3.05, 3.63) is 24.3 Å². The highest BCUT2D eigenvalue weighted by Crippen LogP contribution is 2.30. The van der Waals surface area contributed by atoms with E-state index >= 15 is 0 Å². The van der Waals surface area contributed by atoms with Crippen LogP contribution in [-0.4, -0.2) is 44.0 Å². The first-order chi connectivity index (χ1) is 11.3. The molecule has 0 aromatic heterocycles. The number of carbonyl (C=O) groups is 2. The summed E-state index contributed by atoms with van der Waals surface area (Å²) in [5.74, 6) is -0.460. The first-order valence-electron chi connectivity index (χ1n) is 8.25. The second-order valence-electron chi connectivity index (χ2n) is 6.67. The third-order valence-electron chi connectivity index (χ3n) is 4.84. The molecular formula is C17H22N2O4S. The predicted molar refractivity (Wildman–Crippen MR) is 90.3 cm³/mol. The zero-order chi connectivity index (χ0) is 17.3. The van der Waals surface area contributed by atoms with Crippen LogP contribution in [0.3, 0.4) is 0 Å². The summed E-state index contributed by atoms with van der Waals surface area (Å²) in [5, 5.41) is 2.78. The maximum Gasteiger partial charge on any atom is 0.229 e. The molecule has 0 bridgehead atoms. The number of hydrogen-bond donors (Lipinski definition) is 1. The molecule has 7 heteroatoms. The van der Waals surface area contributed by atoms with Crippen molar-refractivity contribution in [1.29, 1.82) is 0 Å². The number of hydrogen-bond acceptors (Lipinski definition) is 4. The molecule has 6 nitrogen and oxygen atoms in total. The number of nitrogens with one attached hydrogen (secondary N) is 1. The Hall–Kier alpha value is -1.89. The minimum Gasteiger partial charge on any atom is -0.339 e. The van der Waals surface area contributed by atoms with Crippen LogP contribution < -0.4 is 5.32 Å². The van der Waals surface area contributed by atoms with Crippen LogP contribution in [0, 0.1) is 5.92 Å². The van der Waals surface area contributed by atoms with Gasteiger partial charge in [0.1, 0.15) is 0 Å². The van der Waals surface area contributed by atoms with Crippen molar-refractivity contribution in [2.75, 3.05) is 18.1 Å². The maximum atomic E-state index is 12.4. The lowest BCUT2D eigenvalue weighted by Gasteiger charge is -2.23. The molecule has 1 aromatic carbocycles. The normalized spacial score (nSPS) is 22.1. The summed E-state index contributed by atoms with van der Waals surface area (Å²) in [4.78, 5) is 26.6. The van der Waals surface area contributed by atoms with Crippen LogP contribution in [0.5, 0.6) is 0 Å². The first kappa shape index (κ1) is 17.0. The van der Waals surface area contributed by atoms with Crippen molar-refractivity contribution < 1.29 is 18.0 Å². The van der Waals surface area contributed by atoms with Crippen LogP contribution in [-0.2, 0) is 19.4 Å². The van der Waals surface area contributed by atoms with Crippen LogP contribution in [0.1, 0.15) is 32.1 Å². The zero-order valence-corrected chi connectivity index (χ0v) is 14.5. The van der Waals surface area contributed by atoms with Crippen LogP contribution in [0.2, 0.25) is 0 Å². The average Bonchev–Trinajstić information content (AvgIpc) is 3.16. The molecule has 0 unspecified atom stereocenters. The van der Waals surface area contributed by atoms with Crippen LogP contribution in [0.4, 0.5) is 5.69 Å². The molecule has 24 heavy (non-hydrogen) atoms. The molecule has 1 aliphatic carbocycles. The molecule has 2 amide bonds. The number of likely N-dealkylation sites (tertiary alicyclic amines) is 1. The topological polar surface area (TPSA) is 83.5 Å². The molecular weight excluding hydrogens is 328 g/mol. The fourth-order valence-corrected chi connectivity index (χ4v) is 4.14. The summed E-state index contributed by atoms with van der Waals surface area (Å²) < 4.78 is 22.9. The van der Waals surface area contributed by atoms with Gasteiger partial charge in [-0.3, -0.25) is 9.59 Å². The second kappa shape index (κ2) is 6.55. The molecule has 2 fully saturated rings. The summed E-state index contributed by atoms with van der Waals surface area (Å²) >= 11 is 0. The summed E-state index contributed by atoms with van der Waals surface area (Å²) in [5.41, 5.74) is 0.541. The van der Waals surface area contributed by atoms with E-state index < -0.39 is 9.84 Å². The minimum atomic E-state index is -3.25. The molecule has 1 N–H and O–H groups in total. The number of amides is 2. The Morgan fingerprint density at radius 3 is 2.38 bits per heavy atom. The lowest BCUT2D eigenvalue weighted by atomic mass is 10.1. The minimum absolute atomic E-state index is 0.0643. The molecule has 0 spiro atoms. The number of anilines is 1. The highest BCUT2D eigenvalue weighted by molar-refractivity contribution is 7.90. The molecule has 1 saturated heterocycles. The third kappa shape index (κ3) is 3.61. The van der Waals surface area contributed by atoms with E-state index in [1.165, 1.54) is 12.1 Å². The number of sulfone groups is 1. The van der Waals surface area contributed by atoms with Crippen molar-refractivity contribution in [3.63, 3.8) is 0 Å². The van der Waals surface area contributed by atoms with Gasteiger partial charge >= 0.3 is 0 Å². The Morgan fingerprint density at radius 1 is 1.17 bits per heavy atom. The zero-order valence-electron chi connectivity index (χ0n) is 13.7. The number of rotatable bonds is 4. The summed E-state index contributed by atoms with van der Waals surface area (Å²) in [6, 6.07) is 6.37. The van der Waals surface area contributed by atoms with E-state index in [1.54, 1.807) is 12.1 Å². The summed E-state index contributed by atoms with van der Waals surface area (Å²) in [6.07, 6.45) is 5.77. The van der Waals surface area contributed by atoms with Crippen LogP contribution >= 0.6 is 0 Å². The molecule has 3 rings (SSSR count). The SMILES string of the molecule is CS(=O)(=O)c1ccc(NC(=O)[C@@H]2CC(=O)N(C3CCCC3)C2)cc1. The highest BCUT2D eigenvalue weighted by atomic mass is 32.2. The Labute approximate surface area is 142 Å². The van der Waals surface area contributed by atoms with Gasteiger partial charge in [-0.2, -0.15) is 0 Å². The molecule has 1 aromatic rings. The average molecular weight is 350 g/mol. The lowest BCUT2D eigenvalue weighted by Crippen LogP contribution is -2.35. The van der Waals surface area contributed by atoms with Crippen molar-refractivity contribution in [3.8, 4) is 0 Å². The molecule has 1 aliphatic heterocycles. The van der Waals surface area contributed by atoms with E-state index in [1.807, 2.05) is 4.90 Å². The third-order valence-corrected chi connectivity index (χ3v) is 5.97. The van der Waals surface area contributed by atoms with Gasteiger partial charge in [0, 0.05) is 31.0 Å². The van der Waals surface area contributed by atoms with Gasteiger partial charge in [-0.05, 0) is 37.1 Å². The van der Waals surface area contributed by atoms with Gasteiger partial charge in [-0.1, -0.05) is 12.8 Å². The highest BCUT2D eigenvalue weighted by Gasteiger charge is 2.38. The molecule has 1 atom stereocenters. The van der Waals surface area contributed by atoms with E-state index in [9.17, 15) is 18.0 Å². The Bertz CT molecular complexity index is 736. The number of benzene rings is 1. The fraction of sp³-hybridized carbons (Fsp3) is 0.529. The lowest BCUT2D eigenvalue weighted by molar-refractivity contribution is -0.129. The second-order valence-corrected chi connectivity index (χ2v) is 8.69. The molecule has 2 aliphatic rings. The van der Waals surface area contributed by atoms with Crippen LogP contribution in [0.15, 0.2) is 29.2 Å². The van der Waals surface area contributed by atoms with Gasteiger partial charge in [-0.25, -0.2) is 8.42 Å².